The predicted molar refractivity (Wildman–Crippen MR) is 74.9 cm³/mol. The Morgan fingerprint density at radius 2 is 2.00 bits per heavy atom. The third-order valence-electron chi connectivity index (χ3n) is 3.29. The van der Waals surface area contributed by atoms with Crippen LogP contribution in [0, 0.1) is 5.92 Å². The first kappa shape index (κ1) is 12.9. The summed E-state index contributed by atoms with van der Waals surface area (Å²) in [6.45, 7) is 5.04. The van der Waals surface area contributed by atoms with E-state index in [-0.39, 0.29) is 11.9 Å². The van der Waals surface area contributed by atoms with Crippen molar-refractivity contribution in [3.05, 3.63) is 29.8 Å². The molecule has 0 aliphatic heterocycles. The second kappa shape index (κ2) is 5.89. The first-order chi connectivity index (χ1) is 8.69. The average Bonchev–Trinajstić information content (AvgIpc) is 3.14. The minimum atomic E-state index is 0.0335. The molecule has 1 aliphatic carbocycles. The SMILES string of the molecule is CCNc1ccc(C(=O)NC(C)CC2CC2)cc1. The van der Waals surface area contributed by atoms with Crippen LogP contribution in [0.5, 0.6) is 0 Å². The Bertz CT molecular complexity index is 395. The summed E-state index contributed by atoms with van der Waals surface area (Å²) in [5.74, 6) is 0.877. The number of carbonyl (C=O) groups excluding carboxylic acids is 1. The maximum absolute atomic E-state index is 12.0. The van der Waals surface area contributed by atoms with Crippen LogP contribution in [-0.4, -0.2) is 18.5 Å². The van der Waals surface area contributed by atoms with Crippen LogP contribution in [-0.2, 0) is 0 Å². The third kappa shape index (κ3) is 3.76. The fourth-order valence-electron chi connectivity index (χ4n) is 2.16. The molecule has 1 aromatic rings. The van der Waals surface area contributed by atoms with Gasteiger partial charge in [-0.25, -0.2) is 0 Å². The van der Waals surface area contributed by atoms with E-state index in [0.717, 1.165) is 30.1 Å². The van der Waals surface area contributed by atoms with E-state index in [9.17, 15) is 4.79 Å². The molecule has 1 fully saturated rings. The highest BCUT2D eigenvalue weighted by atomic mass is 16.1. The lowest BCUT2D eigenvalue weighted by atomic mass is 10.1. The molecule has 3 heteroatoms. The maximum atomic E-state index is 12.0. The lowest BCUT2D eigenvalue weighted by molar-refractivity contribution is 0.0937. The van der Waals surface area contributed by atoms with E-state index in [1.54, 1.807) is 0 Å². The van der Waals surface area contributed by atoms with E-state index in [2.05, 4.69) is 24.5 Å². The van der Waals surface area contributed by atoms with Gasteiger partial charge in [-0.1, -0.05) is 12.8 Å². The molecule has 2 N–H and O–H groups in total. The monoisotopic (exact) mass is 246 g/mol. The highest BCUT2D eigenvalue weighted by molar-refractivity contribution is 5.94. The number of hydrogen-bond acceptors (Lipinski definition) is 2. The van der Waals surface area contributed by atoms with Gasteiger partial charge in [-0.15, -0.1) is 0 Å². The Kier molecular flexibility index (Phi) is 4.24. The normalized spacial score (nSPS) is 16.1. The van der Waals surface area contributed by atoms with Gasteiger partial charge in [-0.05, 0) is 50.5 Å². The summed E-state index contributed by atoms with van der Waals surface area (Å²) in [6, 6.07) is 7.92. The molecule has 0 saturated heterocycles. The zero-order valence-corrected chi connectivity index (χ0v) is 11.2. The number of hydrogen-bond donors (Lipinski definition) is 2. The Labute approximate surface area is 109 Å². The topological polar surface area (TPSA) is 41.1 Å². The molecule has 0 spiro atoms. The van der Waals surface area contributed by atoms with Crippen LogP contribution in [0.15, 0.2) is 24.3 Å². The first-order valence-corrected chi connectivity index (χ1v) is 6.84. The molecule has 0 bridgehead atoms. The van der Waals surface area contributed by atoms with Crippen molar-refractivity contribution in [2.45, 2.75) is 39.2 Å². The second-order valence-corrected chi connectivity index (χ2v) is 5.16. The highest BCUT2D eigenvalue weighted by Crippen LogP contribution is 2.33. The van der Waals surface area contributed by atoms with Gasteiger partial charge in [0.05, 0.1) is 0 Å². The van der Waals surface area contributed by atoms with Crippen molar-refractivity contribution in [3.8, 4) is 0 Å². The van der Waals surface area contributed by atoms with Gasteiger partial charge in [0, 0.05) is 23.8 Å². The maximum Gasteiger partial charge on any atom is 0.251 e. The molecule has 98 valence electrons. The Morgan fingerprint density at radius 1 is 1.33 bits per heavy atom. The van der Waals surface area contributed by atoms with Gasteiger partial charge < -0.3 is 10.6 Å². The molecule has 1 unspecified atom stereocenters. The summed E-state index contributed by atoms with van der Waals surface area (Å²) < 4.78 is 0. The lowest BCUT2D eigenvalue weighted by Gasteiger charge is -2.13. The van der Waals surface area contributed by atoms with Gasteiger partial charge >= 0.3 is 0 Å². The number of anilines is 1. The fourth-order valence-corrected chi connectivity index (χ4v) is 2.16. The largest absolute Gasteiger partial charge is 0.385 e. The van der Waals surface area contributed by atoms with Gasteiger partial charge in [0.2, 0.25) is 0 Å². The summed E-state index contributed by atoms with van der Waals surface area (Å²) in [5, 5.41) is 6.28. The lowest BCUT2D eigenvalue weighted by Crippen LogP contribution is -2.32. The van der Waals surface area contributed by atoms with Crippen molar-refractivity contribution >= 4 is 11.6 Å². The highest BCUT2D eigenvalue weighted by Gasteiger charge is 2.24. The Hall–Kier alpha value is -1.51. The van der Waals surface area contributed by atoms with E-state index in [4.69, 9.17) is 0 Å². The standard InChI is InChI=1S/C15H22N2O/c1-3-16-14-8-6-13(7-9-14)15(18)17-11(2)10-12-4-5-12/h6-9,11-12,16H,3-5,10H2,1-2H3,(H,17,18). The number of rotatable bonds is 6. The number of amides is 1. The van der Waals surface area contributed by atoms with E-state index in [1.807, 2.05) is 24.3 Å². The van der Waals surface area contributed by atoms with Crippen LogP contribution >= 0.6 is 0 Å². The fraction of sp³-hybridized carbons (Fsp3) is 0.533. The molecule has 0 aromatic heterocycles. The summed E-state index contributed by atoms with van der Waals surface area (Å²) in [7, 11) is 0. The molecule has 0 heterocycles. The smallest absolute Gasteiger partial charge is 0.251 e. The minimum Gasteiger partial charge on any atom is -0.385 e. The van der Waals surface area contributed by atoms with E-state index < -0.39 is 0 Å². The molecule has 1 atom stereocenters. The van der Waals surface area contributed by atoms with Gasteiger partial charge in [0.15, 0.2) is 0 Å². The van der Waals surface area contributed by atoms with Crippen molar-refractivity contribution in [1.29, 1.82) is 0 Å². The van der Waals surface area contributed by atoms with Crippen LogP contribution < -0.4 is 10.6 Å². The summed E-state index contributed by atoms with van der Waals surface area (Å²) in [4.78, 5) is 12.0. The van der Waals surface area contributed by atoms with E-state index in [1.165, 1.54) is 12.8 Å². The zero-order chi connectivity index (χ0) is 13.0. The molecule has 18 heavy (non-hydrogen) atoms. The Balaban J connectivity index is 1.86. The predicted octanol–water partition coefficient (Wildman–Crippen LogP) is 3.04. The van der Waals surface area contributed by atoms with E-state index in [0.29, 0.717) is 0 Å². The zero-order valence-electron chi connectivity index (χ0n) is 11.2. The van der Waals surface area contributed by atoms with Gasteiger partial charge in [-0.2, -0.15) is 0 Å². The van der Waals surface area contributed by atoms with Crippen LogP contribution in [0.1, 0.15) is 43.5 Å². The van der Waals surface area contributed by atoms with Crippen molar-refractivity contribution < 1.29 is 4.79 Å². The van der Waals surface area contributed by atoms with Crippen molar-refractivity contribution in [2.75, 3.05) is 11.9 Å². The number of nitrogens with one attached hydrogen (secondary N) is 2. The quantitative estimate of drug-likeness (QED) is 0.810. The molecule has 1 aromatic carbocycles. The van der Waals surface area contributed by atoms with E-state index >= 15 is 0 Å². The molecule has 1 saturated carbocycles. The van der Waals surface area contributed by atoms with Crippen LogP contribution in [0.25, 0.3) is 0 Å². The van der Waals surface area contributed by atoms with Gasteiger partial charge in [-0.3, -0.25) is 4.79 Å². The molecule has 3 nitrogen and oxygen atoms in total. The van der Waals surface area contributed by atoms with Crippen molar-refractivity contribution in [2.24, 2.45) is 5.92 Å². The summed E-state index contributed by atoms with van der Waals surface area (Å²) in [5.41, 5.74) is 1.79. The van der Waals surface area contributed by atoms with Crippen LogP contribution in [0.2, 0.25) is 0 Å². The molecule has 1 aliphatic rings. The number of carbonyl (C=O) groups is 1. The first-order valence-electron chi connectivity index (χ1n) is 6.84. The molecule has 2 rings (SSSR count). The van der Waals surface area contributed by atoms with Crippen molar-refractivity contribution in [3.63, 3.8) is 0 Å². The van der Waals surface area contributed by atoms with Gasteiger partial charge in [0.25, 0.3) is 5.91 Å². The van der Waals surface area contributed by atoms with Gasteiger partial charge in [0.1, 0.15) is 0 Å². The second-order valence-electron chi connectivity index (χ2n) is 5.16. The van der Waals surface area contributed by atoms with Crippen LogP contribution in [0.4, 0.5) is 5.69 Å². The summed E-state index contributed by atoms with van der Waals surface area (Å²) >= 11 is 0. The third-order valence-corrected chi connectivity index (χ3v) is 3.29. The number of benzene rings is 1. The Morgan fingerprint density at radius 3 is 2.56 bits per heavy atom. The van der Waals surface area contributed by atoms with Crippen LogP contribution in [0.3, 0.4) is 0 Å². The summed E-state index contributed by atoms with van der Waals surface area (Å²) in [6.07, 6.45) is 3.77. The minimum absolute atomic E-state index is 0.0335. The average molecular weight is 246 g/mol. The molecule has 1 amide bonds. The van der Waals surface area contributed by atoms with Crippen molar-refractivity contribution in [1.82, 2.24) is 5.32 Å². The molecular weight excluding hydrogens is 224 g/mol. The molecule has 0 radical (unpaired) electrons. The molecular formula is C15H22N2O.